The fourth-order valence-corrected chi connectivity index (χ4v) is 2.88. The molecular formula is C17H14F3IN2O2. The highest BCUT2D eigenvalue weighted by Gasteiger charge is 2.35. The second kappa shape index (κ2) is 7.85. The number of carbonyl (C=O) groups excluding carboxylic acids is 2. The lowest BCUT2D eigenvalue weighted by molar-refractivity contribution is -0.137. The predicted molar refractivity (Wildman–Crippen MR) is 94.8 cm³/mol. The molecule has 0 fully saturated rings. The number of carbonyl (C=O) groups is 2. The number of alkyl halides is 3. The molecule has 8 heteroatoms. The Hall–Kier alpha value is -2.10. The van der Waals surface area contributed by atoms with E-state index in [0.29, 0.717) is 0 Å². The van der Waals surface area contributed by atoms with Gasteiger partial charge in [0.2, 0.25) is 5.91 Å². The van der Waals surface area contributed by atoms with Crippen LogP contribution in [-0.2, 0) is 17.4 Å². The summed E-state index contributed by atoms with van der Waals surface area (Å²) in [5.74, 6) is -1.82. The number of hydrogen-bond acceptors (Lipinski definition) is 2. The molecule has 4 nitrogen and oxygen atoms in total. The minimum atomic E-state index is -4.68. The van der Waals surface area contributed by atoms with Gasteiger partial charge in [-0.15, -0.1) is 0 Å². The number of primary amides is 1. The molecule has 0 aromatic heterocycles. The number of nitrogens with one attached hydrogen (secondary N) is 1. The van der Waals surface area contributed by atoms with Crippen molar-refractivity contribution < 1.29 is 22.8 Å². The van der Waals surface area contributed by atoms with Gasteiger partial charge in [0.1, 0.15) is 6.04 Å². The summed E-state index contributed by atoms with van der Waals surface area (Å²) in [6.45, 7) is 0. The Morgan fingerprint density at radius 1 is 1.08 bits per heavy atom. The largest absolute Gasteiger partial charge is 0.417 e. The highest BCUT2D eigenvalue weighted by atomic mass is 127. The summed E-state index contributed by atoms with van der Waals surface area (Å²) >= 11 is 2.06. The molecule has 0 spiro atoms. The normalized spacial score (nSPS) is 12.5. The molecule has 0 heterocycles. The first-order valence-electron chi connectivity index (χ1n) is 7.20. The molecule has 132 valence electrons. The quantitative estimate of drug-likeness (QED) is 0.671. The van der Waals surface area contributed by atoms with Crippen LogP contribution in [-0.4, -0.2) is 17.9 Å². The van der Waals surface area contributed by atoms with Crippen LogP contribution in [0, 0.1) is 3.57 Å². The zero-order valence-electron chi connectivity index (χ0n) is 12.8. The van der Waals surface area contributed by atoms with Gasteiger partial charge in [0.15, 0.2) is 0 Å². The molecule has 0 saturated heterocycles. The van der Waals surface area contributed by atoms with Crippen LogP contribution in [0.3, 0.4) is 0 Å². The monoisotopic (exact) mass is 462 g/mol. The minimum Gasteiger partial charge on any atom is -0.368 e. The molecule has 25 heavy (non-hydrogen) atoms. The minimum absolute atomic E-state index is 0.0916. The van der Waals surface area contributed by atoms with Gasteiger partial charge in [-0.05, 0) is 46.4 Å². The summed E-state index contributed by atoms with van der Waals surface area (Å²) in [5, 5.41) is 2.30. The molecule has 3 N–H and O–H groups in total. The van der Waals surface area contributed by atoms with E-state index in [1.54, 1.807) is 12.1 Å². The highest BCUT2D eigenvalue weighted by Crippen LogP contribution is 2.31. The third-order valence-electron chi connectivity index (χ3n) is 3.51. The smallest absolute Gasteiger partial charge is 0.368 e. The number of nitrogens with two attached hydrogens (primary N) is 1. The lowest BCUT2D eigenvalue weighted by Crippen LogP contribution is -2.46. The number of hydrogen-bond donors (Lipinski definition) is 2. The maximum absolute atomic E-state index is 13.0. The first-order chi connectivity index (χ1) is 11.7. The van der Waals surface area contributed by atoms with E-state index in [9.17, 15) is 22.8 Å². The molecule has 0 aliphatic rings. The van der Waals surface area contributed by atoms with Gasteiger partial charge in [-0.1, -0.05) is 30.3 Å². The standard InChI is InChI=1S/C17H14F3IN2O2/c18-17(19,20)12-7-3-2-6-11(12)16(25)23-14(15(22)24)9-10-5-1-4-8-13(10)21/h1-8,14H,9H2,(H2,22,24)(H,23,25)/t14-/m0/s1. The third-order valence-corrected chi connectivity index (χ3v) is 4.56. The number of rotatable bonds is 5. The molecule has 1 atom stereocenters. The van der Waals surface area contributed by atoms with Crippen LogP contribution in [0.1, 0.15) is 21.5 Å². The molecule has 2 aromatic carbocycles. The van der Waals surface area contributed by atoms with Crippen molar-refractivity contribution in [2.24, 2.45) is 5.73 Å². The van der Waals surface area contributed by atoms with Crippen LogP contribution in [0.25, 0.3) is 0 Å². The SMILES string of the molecule is NC(=O)[C@H](Cc1ccccc1I)NC(=O)c1ccccc1C(F)(F)F. The average Bonchev–Trinajstić information content (AvgIpc) is 2.55. The second-order valence-corrected chi connectivity index (χ2v) is 6.43. The van der Waals surface area contributed by atoms with Crippen LogP contribution >= 0.6 is 22.6 Å². The van der Waals surface area contributed by atoms with Crippen LogP contribution in [0.4, 0.5) is 13.2 Å². The van der Waals surface area contributed by atoms with E-state index >= 15 is 0 Å². The van der Waals surface area contributed by atoms with Crippen LogP contribution in [0.2, 0.25) is 0 Å². The molecule has 0 aliphatic carbocycles. The Morgan fingerprint density at radius 2 is 1.68 bits per heavy atom. The van der Waals surface area contributed by atoms with Crippen molar-refractivity contribution >= 4 is 34.4 Å². The van der Waals surface area contributed by atoms with E-state index in [2.05, 4.69) is 27.9 Å². The molecule has 0 aliphatic heterocycles. The maximum Gasteiger partial charge on any atom is 0.417 e. The van der Waals surface area contributed by atoms with Gasteiger partial charge in [0.05, 0.1) is 11.1 Å². The van der Waals surface area contributed by atoms with Crippen molar-refractivity contribution in [2.45, 2.75) is 18.6 Å². The van der Waals surface area contributed by atoms with E-state index in [0.717, 1.165) is 21.3 Å². The van der Waals surface area contributed by atoms with E-state index in [-0.39, 0.29) is 6.42 Å². The molecule has 2 aromatic rings. The zero-order valence-corrected chi connectivity index (χ0v) is 15.0. The van der Waals surface area contributed by atoms with Crippen LogP contribution < -0.4 is 11.1 Å². The van der Waals surface area contributed by atoms with Gasteiger partial charge in [0, 0.05) is 9.99 Å². The van der Waals surface area contributed by atoms with Gasteiger partial charge in [-0.2, -0.15) is 13.2 Å². The summed E-state index contributed by atoms with van der Waals surface area (Å²) in [5.41, 5.74) is 4.45. The van der Waals surface area contributed by atoms with E-state index in [1.165, 1.54) is 12.1 Å². The van der Waals surface area contributed by atoms with E-state index < -0.39 is 35.2 Å². The van der Waals surface area contributed by atoms with Gasteiger partial charge >= 0.3 is 6.18 Å². The van der Waals surface area contributed by atoms with Crippen molar-refractivity contribution in [2.75, 3.05) is 0 Å². The summed E-state index contributed by atoms with van der Waals surface area (Å²) in [7, 11) is 0. The summed E-state index contributed by atoms with van der Waals surface area (Å²) < 4.78 is 40.0. The maximum atomic E-state index is 13.0. The van der Waals surface area contributed by atoms with Crippen LogP contribution in [0.5, 0.6) is 0 Å². The first kappa shape index (κ1) is 19.2. The lowest BCUT2D eigenvalue weighted by Gasteiger charge is -2.18. The van der Waals surface area contributed by atoms with Gasteiger partial charge < -0.3 is 11.1 Å². The molecule has 2 amide bonds. The van der Waals surface area contributed by atoms with Gasteiger partial charge in [-0.3, -0.25) is 9.59 Å². The zero-order chi connectivity index (χ0) is 18.6. The molecule has 0 bridgehead atoms. The lowest BCUT2D eigenvalue weighted by atomic mass is 10.0. The van der Waals surface area contributed by atoms with E-state index in [4.69, 9.17) is 5.73 Å². The highest BCUT2D eigenvalue weighted by molar-refractivity contribution is 14.1. The number of benzene rings is 2. The Balaban J connectivity index is 2.25. The van der Waals surface area contributed by atoms with Crippen molar-refractivity contribution in [3.8, 4) is 0 Å². The third kappa shape index (κ3) is 4.94. The van der Waals surface area contributed by atoms with Crippen molar-refractivity contribution in [1.29, 1.82) is 0 Å². The number of amides is 2. The molecule has 0 radical (unpaired) electrons. The predicted octanol–water partition coefficient (Wildman–Crippen LogP) is 3.14. The van der Waals surface area contributed by atoms with Gasteiger partial charge in [-0.25, -0.2) is 0 Å². The fourth-order valence-electron chi connectivity index (χ4n) is 2.27. The Morgan fingerprint density at radius 3 is 2.28 bits per heavy atom. The van der Waals surface area contributed by atoms with Crippen LogP contribution in [0.15, 0.2) is 48.5 Å². The average molecular weight is 462 g/mol. The summed E-state index contributed by atoms with van der Waals surface area (Å²) in [6, 6.07) is 10.4. The van der Waals surface area contributed by atoms with Gasteiger partial charge in [0.25, 0.3) is 5.91 Å². The molecule has 2 rings (SSSR count). The molecular weight excluding hydrogens is 448 g/mol. The number of halogens is 4. The Bertz CT molecular complexity index is 793. The summed E-state index contributed by atoms with van der Waals surface area (Å²) in [6.07, 6.45) is -4.58. The Kier molecular flexibility index (Phi) is 6.04. The van der Waals surface area contributed by atoms with E-state index in [1.807, 2.05) is 12.1 Å². The Labute approximate surface area is 155 Å². The first-order valence-corrected chi connectivity index (χ1v) is 8.28. The van der Waals surface area contributed by atoms with Crippen molar-refractivity contribution in [3.05, 3.63) is 68.8 Å². The van der Waals surface area contributed by atoms with Crippen molar-refractivity contribution in [3.63, 3.8) is 0 Å². The molecule has 0 saturated carbocycles. The topological polar surface area (TPSA) is 72.2 Å². The second-order valence-electron chi connectivity index (χ2n) is 5.27. The fraction of sp³-hybridized carbons (Fsp3) is 0.176. The summed E-state index contributed by atoms with van der Waals surface area (Å²) in [4.78, 5) is 23.9. The van der Waals surface area contributed by atoms with Crippen molar-refractivity contribution in [1.82, 2.24) is 5.32 Å². The molecule has 0 unspecified atom stereocenters.